The van der Waals surface area contributed by atoms with Gasteiger partial charge in [-0.3, -0.25) is 4.79 Å². The highest BCUT2D eigenvalue weighted by atomic mass is 16.2. The average molecular weight is 287 g/mol. The van der Waals surface area contributed by atoms with E-state index in [-0.39, 0.29) is 17.5 Å². The largest absolute Gasteiger partial charge is 0.353 e. The van der Waals surface area contributed by atoms with E-state index < -0.39 is 0 Å². The molecule has 3 rings (SSSR count). The molecule has 2 N–H and O–H groups in total. The third-order valence-corrected chi connectivity index (χ3v) is 5.20. The Morgan fingerprint density at radius 3 is 2.81 bits per heavy atom. The fourth-order valence-electron chi connectivity index (χ4n) is 3.46. The molecule has 1 heterocycles. The normalized spacial score (nSPS) is 23.3. The molecule has 1 fully saturated rings. The molecule has 0 radical (unpaired) electrons. The number of carbonyl (C=O) groups excluding carboxylic acids is 1. The van der Waals surface area contributed by atoms with Gasteiger partial charge < -0.3 is 15.5 Å². The Balaban J connectivity index is 1.67. The quantitative estimate of drug-likeness (QED) is 0.881. The van der Waals surface area contributed by atoms with Crippen LogP contribution in [0.5, 0.6) is 0 Å². The zero-order valence-electron chi connectivity index (χ0n) is 13.0. The number of fused-ring (bicyclic) bond motifs is 1. The molecule has 1 aliphatic carbocycles. The monoisotopic (exact) mass is 287 g/mol. The fraction of sp³-hybridized carbons (Fsp3) is 0.588. The average Bonchev–Trinajstić information content (AvgIpc) is 2.45. The predicted molar refractivity (Wildman–Crippen MR) is 84.2 cm³/mol. The maximum absolute atomic E-state index is 12.6. The first-order chi connectivity index (χ1) is 10.1. The number of hydrogen-bond acceptors (Lipinski definition) is 3. The van der Waals surface area contributed by atoms with Crippen molar-refractivity contribution in [1.29, 1.82) is 0 Å². The third kappa shape index (κ3) is 2.70. The minimum Gasteiger partial charge on any atom is -0.353 e. The van der Waals surface area contributed by atoms with Crippen molar-refractivity contribution in [1.82, 2.24) is 15.5 Å². The Morgan fingerprint density at radius 1 is 1.38 bits per heavy atom. The van der Waals surface area contributed by atoms with Gasteiger partial charge in [0.2, 0.25) is 5.91 Å². The van der Waals surface area contributed by atoms with Gasteiger partial charge >= 0.3 is 0 Å². The summed E-state index contributed by atoms with van der Waals surface area (Å²) < 4.78 is 0. The molecule has 1 aliphatic heterocycles. The van der Waals surface area contributed by atoms with Gasteiger partial charge in [-0.25, -0.2) is 0 Å². The summed E-state index contributed by atoms with van der Waals surface area (Å²) >= 11 is 0. The Labute approximate surface area is 126 Å². The molecule has 4 heteroatoms. The van der Waals surface area contributed by atoms with Gasteiger partial charge in [-0.1, -0.05) is 24.3 Å². The number of likely N-dealkylation sites (N-methyl/N-ethyl adjacent to an activating group) is 1. The molecule has 0 aromatic heterocycles. The van der Waals surface area contributed by atoms with Crippen LogP contribution in [-0.4, -0.2) is 43.5 Å². The number of nitrogens with one attached hydrogen (secondary N) is 2. The van der Waals surface area contributed by atoms with Crippen LogP contribution in [0.2, 0.25) is 0 Å². The number of hydrogen-bond donors (Lipinski definition) is 2. The number of benzene rings is 1. The van der Waals surface area contributed by atoms with Gasteiger partial charge in [0.25, 0.3) is 0 Å². The second-order valence-corrected chi connectivity index (χ2v) is 6.53. The molecule has 1 aromatic carbocycles. The molecule has 0 saturated heterocycles. The first kappa shape index (κ1) is 14.5. The van der Waals surface area contributed by atoms with E-state index in [0.29, 0.717) is 0 Å². The molecule has 0 bridgehead atoms. The molecular formula is C17H25N3O. The molecular weight excluding hydrogens is 262 g/mol. The first-order valence-corrected chi connectivity index (χ1v) is 7.89. The summed E-state index contributed by atoms with van der Waals surface area (Å²) in [7, 11) is 4.22. The van der Waals surface area contributed by atoms with Crippen molar-refractivity contribution in [3.05, 3.63) is 35.4 Å². The first-order valence-electron chi connectivity index (χ1n) is 7.89. The second-order valence-electron chi connectivity index (χ2n) is 6.53. The number of amides is 1. The van der Waals surface area contributed by atoms with Gasteiger partial charge in [0.1, 0.15) is 6.04 Å². The fourth-order valence-corrected chi connectivity index (χ4v) is 3.46. The van der Waals surface area contributed by atoms with Crippen molar-refractivity contribution in [2.24, 2.45) is 0 Å². The van der Waals surface area contributed by atoms with Crippen molar-refractivity contribution in [3.63, 3.8) is 0 Å². The van der Waals surface area contributed by atoms with Gasteiger partial charge in [-0.2, -0.15) is 0 Å². The van der Waals surface area contributed by atoms with Crippen LogP contribution in [0.1, 0.15) is 36.4 Å². The molecule has 1 amide bonds. The lowest BCUT2D eigenvalue weighted by molar-refractivity contribution is -0.124. The van der Waals surface area contributed by atoms with Crippen LogP contribution in [0, 0.1) is 0 Å². The SMILES string of the molecule is CN(C)C1(CNC(=O)C2NCCc3ccccc32)CCC1. The Kier molecular flexibility index (Phi) is 4.00. The van der Waals surface area contributed by atoms with Crippen molar-refractivity contribution in [2.45, 2.75) is 37.3 Å². The molecule has 1 aromatic rings. The lowest BCUT2D eigenvalue weighted by atomic mass is 9.75. The molecule has 1 atom stereocenters. The van der Waals surface area contributed by atoms with E-state index in [1.54, 1.807) is 0 Å². The van der Waals surface area contributed by atoms with Crippen LogP contribution in [-0.2, 0) is 11.2 Å². The Hall–Kier alpha value is -1.39. The van der Waals surface area contributed by atoms with Crippen LogP contribution in [0.15, 0.2) is 24.3 Å². The summed E-state index contributed by atoms with van der Waals surface area (Å²) in [6, 6.07) is 8.06. The van der Waals surface area contributed by atoms with Gasteiger partial charge in [-0.05, 0) is 50.9 Å². The lowest BCUT2D eigenvalue weighted by Gasteiger charge is -2.47. The van der Waals surface area contributed by atoms with E-state index in [1.165, 1.54) is 24.8 Å². The minimum atomic E-state index is -0.200. The van der Waals surface area contributed by atoms with Gasteiger partial charge in [0, 0.05) is 18.6 Å². The molecule has 2 aliphatic rings. The number of rotatable bonds is 4. The molecule has 114 valence electrons. The summed E-state index contributed by atoms with van der Waals surface area (Å²) in [5.41, 5.74) is 2.60. The maximum Gasteiger partial charge on any atom is 0.241 e. The molecule has 4 nitrogen and oxygen atoms in total. The van der Waals surface area contributed by atoms with Crippen molar-refractivity contribution >= 4 is 5.91 Å². The summed E-state index contributed by atoms with van der Waals surface area (Å²) in [4.78, 5) is 14.8. The highest BCUT2D eigenvalue weighted by molar-refractivity contribution is 5.84. The van der Waals surface area contributed by atoms with E-state index in [4.69, 9.17) is 0 Å². The number of carbonyl (C=O) groups is 1. The van der Waals surface area contributed by atoms with E-state index >= 15 is 0 Å². The molecule has 0 spiro atoms. The maximum atomic E-state index is 12.6. The summed E-state index contributed by atoms with van der Waals surface area (Å²) in [5, 5.41) is 6.53. The van der Waals surface area contributed by atoms with Crippen molar-refractivity contribution in [3.8, 4) is 0 Å². The van der Waals surface area contributed by atoms with Gasteiger partial charge in [0.05, 0.1) is 0 Å². The molecule has 1 saturated carbocycles. The second kappa shape index (κ2) is 5.78. The summed E-state index contributed by atoms with van der Waals surface area (Å²) in [6.07, 6.45) is 4.62. The van der Waals surface area contributed by atoms with Gasteiger partial charge in [-0.15, -0.1) is 0 Å². The molecule has 21 heavy (non-hydrogen) atoms. The number of nitrogens with zero attached hydrogens (tertiary/aromatic N) is 1. The van der Waals surface area contributed by atoms with E-state index in [0.717, 1.165) is 25.1 Å². The third-order valence-electron chi connectivity index (χ3n) is 5.20. The highest BCUT2D eigenvalue weighted by Gasteiger charge is 2.39. The van der Waals surface area contributed by atoms with E-state index in [2.05, 4.69) is 47.8 Å². The van der Waals surface area contributed by atoms with Crippen LogP contribution in [0.25, 0.3) is 0 Å². The van der Waals surface area contributed by atoms with Crippen LogP contribution in [0.4, 0.5) is 0 Å². The summed E-state index contributed by atoms with van der Waals surface area (Å²) in [6.45, 7) is 1.62. The van der Waals surface area contributed by atoms with E-state index in [1.807, 2.05) is 6.07 Å². The van der Waals surface area contributed by atoms with Gasteiger partial charge in [0.15, 0.2) is 0 Å². The summed E-state index contributed by atoms with van der Waals surface area (Å²) in [5.74, 6) is 0.107. The Bertz CT molecular complexity index is 523. The molecule has 1 unspecified atom stereocenters. The zero-order valence-corrected chi connectivity index (χ0v) is 13.0. The van der Waals surface area contributed by atoms with Crippen molar-refractivity contribution in [2.75, 3.05) is 27.2 Å². The van der Waals surface area contributed by atoms with Crippen molar-refractivity contribution < 1.29 is 4.79 Å². The smallest absolute Gasteiger partial charge is 0.241 e. The van der Waals surface area contributed by atoms with Crippen LogP contribution >= 0.6 is 0 Å². The topological polar surface area (TPSA) is 44.4 Å². The predicted octanol–water partition coefficient (Wildman–Crippen LogP) is 1.47. The highest BCUT2D eigenvalue weighted by Crippen LogP contribution is 2.35. The lowest BCUT2D eigenvalue weighted by Crippen LogP contribution is -2.58. The standard InChI is InChI=1S/C17H25N3O/c1-20(2)17(9-5-10-17)12-19-16(21)15-14-7-4-3-6-13(14)8-11-18-15/h3-4,6-7,15,18H,5,8-12H2,1-2H3,(H,19,21). The minimum absolute atomic E-state index is 0.107. The van der Waals surface area contributed by atoms with Crippen LogP contribution in [0.3, 0.4) is 0 Å². The van der Waals surface area contributed by atoms with E-state index in [9.17, 15) is 4.79 Å². The van der Waals surface area contributed by atoms with Crippen LogP contribution < -0.4 is 10.6 Å². The zero-order chi connectivity index (χ0) is 14.9. The Morgan fingerprint density at radius 2 is 2.14 bits per heavy atom.